The number of nitrogens with one attached hydrogen (secondary N) is 1. The van der Waals surface area contributed by atoms with Gasteiger partial charge in [0.05, 0.1) is 30.5 Å². The molecule has 9 heteroatoms. The van der Waals surface area contributed by atoms with Crippen LogP contribution in [0.5, 0.6) is 5.75 Å². The van der Waals surface area contributed by atoms with Crippen LogP contribution in [0, 0.1) is 0 Å². The lowest BCUT2D eigenvalue weighted by Gasteiger charge is -2.10. The highest BCUT2D eigenvalue weighted by Gasteiger charge is 2.24. The Morgan fingerprint density at radius 1 is 1.22 bits per heavy atom. The minimum atomic E-state index is -0.363. The van der Waals surface area contributed by atoms with E-state index in [9.17, 15) is 4.79 Å². The number of fused-ring (bicyclic) bond motifs is 1. The lowest BCUT2D eigenvalue weighted by Crippen LogP contribution is -2.25. The predicted octanol–water partition coefficient (Wildman–Crippen LogP) is 4.71. The number of hydrogen-bond acceptors (Lipinski definition) is 8. The Balaban J connectivity index is 1.37. The maximum absolute atomic E-state index is 13.2. The van der Waals surface area contributed by atoms with E-state index in [2.05, 4.69) is 15.5 Å². The van der Waals surface area contributed by atoms with Crippen LogP contribution in [-0.2, 0) is 14.4 Å². The van der Waals surface area contributed by atoms with Gasteiger partial charge in [-0.2, -0.15) is 0 Å². The first-order valence-electron chi connectivity index (χ1n) is 10.5. The van der Waals surface area contributed by atoms with Crippen molar-refractivity contribution >= 4 is 50.1 Å². The Hall–Kier alpha value is -2.62. The number of aromatic nitrogens is 1. The second kappa shape index (κ2) is 9.48. The van der Waals surface area contributed by atoms with Gasteiger partial charge >= 0.3 is 0 Å². The van der Waals surface area contributed by atoms with E-state index in [1.807, 2.05) is 54.2 Å². The minimum absolute atomic E-state index is 0.141. The van der Waals surface area contributed by atoms with Crippen molar-refractivity contribution in [1.82, 2.24) is 4.98 Å². The molecule has 1 atom stereocenters. The normalized spacial score (nSPS) is 18.7. The molecule has 1 aliphatic heterocycles. The second-order valence-corrected chi connectivity index (χ2v) is 10.1. The summed E-state index contributed by atoms with van der Waals surface area (Å²) in [5.74, 6) is 0.384. The van der Waals surface area contributed by atoms with Gasteiger partial charge in [0.1, 0.15) is 5.75 Å². The highest BCUT2D eigenvalue weighted by molar-refractivity contribution is 8.00. The molecule has 166 valence electrons. The molecular formula is C23H23N3O4S2. The van der Waals surface area contributed by atoms with Crippen molar-refractivity contribution in [3.8, 4) is 5.75 Å². The first kappa shape index (κ1) is 21.2. The summed E-state index contributed by atoms with van der Waals surface area (Å²) in [4.78, 5) is 24.5. The number of hydrogen-bond donors (Lipinski definition) is 1. The van der Waals surface area contributed by atoms with Crippen molar-refractivity contribution in [2.24, 2.45) is 5.16 Å². The highest BCUT2D eigenvalue weighted by Crippen LogP contribution is 2.39. The number of rotatable bonds is 8. The summed E-state index contributed by atoms with van der Waals surface area (Å²) in [7, 11) is 1.62. The van der Waals surface area contributed by atoms with E-state index in [-0.39, 0.29) is 17.7 Å². The number of amides is 1. The molecule has 0 bridgehead atoms. The van der Waals surface area contributed by atoms with E-state index >= 15 is 0 Å². The molecule has 3 aromatic rings. The lowest BCUT2D eigenvalue weighted by molar-refractivity contribution is -0.110. The summed E-state index contributed by atoms with van der Waals surface area (Å²) in [6.45, 7) is 1.12. The van der Waals surface area contributed by atoms with Crippen molar-refractivity contribution in [1.29, 1.82) is 0 Å². The predicted molar refractivity (Wildman–Crippen MR) is 127 cm³/mol. The molecule has 1 aliphatic carbocycles. The van der Waals surface area contributed by atoms with Gasteiger partial charge < -0.3 is 14.3 Å². The number of thioether (sulfide) groups is 1. The standard InChI is InChI=1S/C23H23N3O4S2/c1-28-15-4-9-19-20(12-15)32-23(24-19)25-22(27)21(26-30-16-10-11-29-13-16)14-2-5-17(6-3-14)31-18-7-8-18/h2-6,9,12,16,18H,7-8,10-11,13H2,1H3,(H,24,25,27)/b26-21+/t16-/m1/s1. The Morgan fingerprint density at radius 2 is 2.06 bits per heavy atom. The number of anilines is 1. The van der Waals surface area contributed by atoms with Crippen LogP contribution in [0.2, 0.25) is 0 Å². The highest BCUT2D eigenvalue weighted by atomic mass is 32.2. The SMILES string of the molecule is COc1ccc2nc(NC(=O)/C(=N/O[C@@H]3CCOC3)c3ccc(SC4CC4)cc3)sc2c1. The van der Waals surface area contributed by atoms with Gasteiger partial charge in [0.15, 0.2) is 16.9 Å². The quantitative estimate of drug-likeness (QED) is 0.380. The van der Waals surface area contributed by atoms with Gasteiger partial charge in [-0.1, -0.05) is 28.6 Å². The van der Waals surface area contributed by atoms with Gasteiger partial charge in [0.2, 0.25) is 0 Å². The summed E-state index contributed by atoms with van der Waals surface area (Å²) >= 11 is 3.26. The Labute approximate surface area is 194 Å². The van der Waals surface area contributed by atoms with Gasteiger partial charge in [0, 0.05) is 22.1 Å². The fourth-order valence-electron chi connectivity index (χ4n) is 3.26. The molecule has 2 fully saturated rings. The zero-order chi connectivity index (χ0) is 21.9. The van der Waals surface area contributed by atoms with Crippen LogP contribution in [0.3, 0.4) is 0 Å². The molecule has 32 heavy (non-hydrogen) atoms. The van der Waals surface area contributed by atoms with Gasteiger partial charge in [-0.05, 0) is 43.2 Å². The van der Waals surface area contributed by atoms with E-state index < -0.39 is 0 Å². The zero-order valence-electron chi connectivity index (χ0n) is 17.6. The van der Waals surface area contributed by atoms with Crippen LogP contribution in [0.15, 0.2) is 52.5 Å². The number of carbonyl (C=O) groups is 1. The molecule has 0 radical (unpaired) electrons. The smallest absolute Gasteiger partial charge is 0.280 e. The largest absolute Gasteiger partial charge is 0.497 e. The first-order valence-corrected chi connectivity index (χ1v) is 12.2. The van der Waals surface area contributed by atoms with Gasteiger partial charge in [0.25, 0.3) is 5.91 Å². The van der Waals surface area contributed by atoms with Crippen LogP contribution in [0.25, 0.3) is 10.2 Å². The molecular weight excluding hydrogens is 446 g/mol. The molecule has 2 heterocycles. The van der Waals surface area contributed by atoms with Crippen LogP contribution in [0.4, 0.5) is 5.13 Å². The zero-order valence-corrected chi connectivity index (χ0v) is 19.2. The van der Waals surface area contributed by atoms with E-state index in [1.165, 1.54) is 29.1 Å². The summed E-state index contributed by atoms with van der Waals surface area (Å²) in [5.41, 5.74) is 1.71. The molecule has 0 spiro atoms. The molecule has 2 aliphatic rings. The summed E-state index contributed by atoms with van der Waals surface area (Å²) < 4.78 is 11.5. The van der Waals surface area contributed by atoms with E-state index in [4.69, 9.17) is 14.3 Å². The Kier molecular flexibility index (Phi) is 6.29. The minimum Gasteiger partial charge on any atom is -0.497 e. The summed E-state index contributed by atoms with van der Waals surface area (Å²) in [6.07, 6.45) is 3.16. The maximum Gasteiger partial charge on any atom is 0.280 e. The van der Waals surface area contributed by atoms with Crippen molar-refractivity contribution in [2.45, 2.75) is 35.5 Å². The molecule has 7 nitrogen and oxygen atoms in total. The van der Waals surface area contributed by atoms with Gasteiger partial charge in [-0.25, -0.2) is 4.98 Å². The number of methoxy groups -OCH3 is 1. The van der Waals surface area contributed by atoms with E-state index in [0.717, 1.165) is 27.6 Å². The maximum atomic E-state index is 13.2. The van der Waals surface area contributed by atoms with Crippen LogP contribution < -0.4 is 10.1 Å². The monoisotopic (exact) mass is 469 g/mol. The van der Waals surface area contributed by atoms with E-state index in [1.54, 1.807) is 7.11 Å². The van der Waals surface area contributed by atoms with Crippen molar-refractivity contribution < 1.29 is 19.1 Å². The third-order valence-corrected chi connectivity index (χ3v) is 7.45. The average molecular weight is 470 g/mol. The Bertz CT molecular complexity index is 1140. The van der Waals surface area contributed by atoms with Crippen molar-refractivity contribution in [3.63, 3.8) is 0 Å². The molecule has 1 aromatic heterocycles. The first-order chi connectivity index (χ1) is 15.7. The molecule has 2 aromatic carbocycles. The topological polar surface area (TPSA) is 82.0 Å². The van der Waals surface area contributed by atoms with Gasteiger partial charge in [-0.15, -0.1) is 11.8 Å². The molecule has 1 saturated carbocycles. The molecule has 0 unspecified atom stereocenters. The third-order valence-electron chi connectivity index (χ3n) is 5.17. The van der Waals surface area contributed by atoms with Crippen LogP contribution in [-0.4, -0.2) is 48.3 Å². The number of benzene rings is 2. The van der Waals surface area contributed by atoms with Crippen molar-refractivity contribution in [2.75, 3.05) is 25.6 Å². The number of oxime groups is 1. The Morgan fingerprint density at radius 3 is 2.78 bits per heavy atom. The van der Waals surface area contributed by atoms with E-state index in [0.29, 0.717) is 23.9 Å². The summed E-state index contributed by atoms with van der Waals surface area (Å²) in [6, 6.07) is 13.5. The fraction of sp³-hybridized carbons (Fsp3) is 0.348. The molecule has 1 amide bonds. The van der Waals surface area contributed by atoms with Crippen molar-refractivity contribution in [3.05, 3.63) is 48.0 Å². The fourth-order valence-corrected chi connectivity index (χ4v) is 5.20. The number of ether oxygens (including phenoxy) is 2. The number of nitrogens with zero attached hydrogens (tertiary/aromatic N) is 2. The molecule has 1 saturated heterocycles. The lowest BCUT2D eigenvalue weighted by atomic mass is 10.1. The van der Waals surface area contributed by atoms with Gasteiger partial charge in [-0.3, -0.25) is 10.1 Å². The summed E-state index contributed by atoms with van der Waals surface area (Å²) in [5, 5.41) is 8.33. The number of thiazole rings is 1. The molecule has 5 rings (SSSR count). The number of carbonyl (C=O) groups excluding carboxylic acids is 1. The van der Waals surface area contributed by atoms with Crippen LogP contribution >= 0.6 is 23.1 Å². The average Bonchev–Trinajstić information content (AvgIpc) is 3.30. The second-order valence-electron chi connectivity index (χ2n) is 7.68. The molecule has 1 N–H and O–H groups in total. The van der Waals surface area contributed by atoms with Crippen LogP contribution in [0.1, 0.15) is 24.8 Å². The third kappa shape index (κ3) is 5.06.